The van der Waals surface area contributed by atoms with Crippen LogP contribution in [0.25, 0.3) is 39.0 Å². The summed E-state index contributed by atoms with van der Waals surface area (Å²) in [6.07, 6.45) is 1.66. The van der Waals surface area contributed by atoms with Crippen LogP contribution in [0.15, 0.2) is 127 Å². The number of aromatic nitrogens is 1. The van der Waals surface area contributed by atoms with E-state index in [4.69, 9.17) is 17.0 Å². The smallest absolute Gasteiger partial charge is 0.270 e. The van der Waals surface area contributed by atoms with Crippen molar-refractivity contribution in [2.24, 2.45) is 0 Å². The zero-order chi connectivity index (χ0) is 28.6. The number of rotatable bonds is 5. The number of hydrogen-bond donors (Lipinski definition) is 2. The van der Waals surface area contributed by atoms with Gasteiger partial charge in [0, 0.05) is 16.5 Å². The van der Waals surface area contributed by atoms with Gasteiger partial charge in [0.25, 0.3) is 11.8 Å². The standard InChI is InChI=1S/C35H23N3O3S/c39-33-30(34(40)38(35(42)37-33)25-16-18-27(19-17-25)41-26-10-2-1-3-11-26)21-29-28-12-6-7-13-31(28)36-32(29)24-15-14-22-8-4-5-9-23(22)20-24/h1-21,36H,(H,37,39,42)/b30-21-. The van der Waals surface area contributed by atoms with Crippen molar-refractivity contribution in [1.29, 1.82) is 0 Å². The topological polar surface area (TPSA) is 74.4 Å². The number of carbonyl (C=O) groups excluding carboxylic acids is 2. The lowest BCUT2D eigenvalue weighted by Crippen LogP contribution is -2.54. The maximum absolute atomic E-state index is 13.9. The maximum atomic E-state index is 13.9. The molecule has 0 bridgehead atoms. The Bertz CT molecular complexity index is 2050. The second-order valence-electron chi connectivity index (χ2n) is 9.89. The highest BCUT2D eigenvalue weighted by Gasteiger charge is 2.35. The highest BCUT2D eigenvalue weighted by Crippen LogP contribution is 2.35. The molecule has 0 spiro atoms. The molecule has 5 aromatic carbocycles. The third-order valence-corrected chi connectivity index (χ3v) is 7.53. The predicted octanol–water partition coefficient (Wildman–Crippen LogP) is 7.61. The van der Waals surface area contributed by atoms with E-state index in [9.17, 15) is 9.59 Å². The van der Waals surface area contributed by atoms with Crippen LogP contribution in [-0.2, 0) is 9.59 Å². The van der Waals surface area contributed by atoms with Gasteiger partial charge in [-0.1, -0.05) is 72.8 Å². The predicted molar refractivity (Wildman–Crippen MR) is 170 cm³/mol. The molecule has 2 amide bonds. The van der Waals surface area contributed by atoms with Crippen LogP contribution in [0.3, 0.4) is 0 Å². The Kier molecular flexibility index (Phi) is 6.34. The monoisotopic (exact) mass is 565 g/mol. The molecule has 0 aliphatic carbocycles. The van der Waals surface area contributed by atoms with Crippen LogP contribution in [0.4, 0.5) is 5.69 Å². The molecule has 202 valence electrons. The average molecular weight is 566 g/mol. The Balaban J connectivity index is 1.28. The SMILES string of the molecule is O=C1NC(=S)N(c2ccc(Oc3ccccc3)cc2)C(=O)/C1=C\c1c(-c2ccc3ccccc3c2)[nH]c2ccccc12. The number of thiocarbonyl (C=S) groups is 1. The largest absolute Gasteiger partial charge is 0.457 e. The average Bonchev–Trinajstić information content (AvgIpc) is 3.38. The lowest BCUT2D eigenvalue weighted by atomic mass is 9.99. The molecular formula is C35H23N3O3S. The number of amides is 2. The molecule has 0 atom stereocenters. The number of fused-ring (bicyclic) bond motifs is 2. The Morgan fingerprint density at radius 1 is 0.714 bits per heavy atom. The first-order valence-corrected chi connectivity index (χ1v) is 13.8. The molecule has 6 nitrogen and oxygen atoms in total. The van der Waals surface area contributed by atoms with E-state index < -0.39 is 11.8 Å². The van der Waals surface area contributed by atoms with Gasteiger partial charge in [-0.25, -0.2) is 0 Å². The second kappa shape index (κ2) is 10.5. The molecule has 7 heteroatoms. The minimum atomic E-state index is -0.542. The van der Waals surface area contributed by atoms with Crippen LogP contribution in [0.5, 0.6) is 11.5 Å². The van der Waals surface area contributed by atoms with Gasteiger partial charge in [0.05, 0.1) is 11.4 Å². The summed E-state index contributed by atoms with van der Waals surface area (Å²) in [4.78, 5) is 31.9. The fraction of sp³-hybridized carbons (Fsp3) is 0. The van der Waals surface area contributed by atoms with Gasteiger partial charge in [-0.15, -0.1) is 0 Å². The summed E-state index contributed by atoms with van der Waals surface area (Å²) in [5.41, 5.74) is 3.92. The minimum absolute atomic E-state index is 0.0139. The molecule has 2 N–H and O–H groups in total. The molecular weight excluding hydrogens is 542 g/mol. The lowest BCUT2D eigenvalue weighted by molar-refractivity contribution is -0.122. The Morgan fingerprint density at radius 2 is 1.40 bits per heavy atom. The maximum Gasteiger partial charge on any atom is 0.270 e. The van der Waals surface area contributed by atoms with E-state index in [0.717, 1.165) is 38.5 Å². The number of carbonyl (C=O) groups is 2. The van der Waals surface area contributed by atoms with Crippen LogP contribution >= 0.6 is 12.2 Å². The fourth-order valence-corrected chi connectivity index (χ4v) is 5.49. The van der Waals surface area contributed by atoms with E-state index in [2.05, 4.69) is 34.6 Å². The van der Waals surface area contributed by atoms with E-state index >= 15 is 0 Å². The van der Waals surface area contributed by atoms with Crippen molar-refractivity contribution in [3.8, 4) is 22.8 Å². The quantitative estimate of drug-likeness (QED) is 0.128. The van der Waals surface area contributed by atoms with Crippen LogP contribution in [-0.4, -0.2) is 21.9 Å². The second-order valence-corrected chi connectivity index (χ2v) is 10.3. The first kappa shape index (κ1) is 25.4. The zero-order valence-corrected chi connectivity index (χ0v) is 23.0. The third-order valence-electron chi connectivity index (χ3n) is 7.25. The lowest BCUT2D eigenvalue weighted by Gasteiger charge is -2.29. The molecule has 0 saturated carbocycles. The first-order chi connectivity index (χ1) is 20.5. The molecule has 1 saturated heterocycles. The number of hydrogen-bond acceptors (Lipinski definition) is 4. The third kappa shape index (κ3) is 4.62. The van der Waals surface area contributed by atoms with Crippen molar-refractivity contribution in [2.75, 3.05) is 4.90 Å². The highest BCUT2D eigenvalue weighted by molar-refractivity contribution is 7.80. The van der Waals surface area contributed by atoms with Gasteiger partial charge in [-0.2, -0.15) is 0 Å². The number of para-hydroxylation sites is 2. The zero-order valence-electron chi connectivity index (χ0n) is 22.2. The van der Waals surface area contributed by atoms with Crippen molar-refractivity contribution < 1.29 is 14.3 Å². The summed E-state index contributed by atoms with van der Waals surface area (Å²) in [5.74, 6) is 0.266. The van der Waals surface area contributed by atoms with Gasteiger partial charge in [0.1, 0.15) is 17.1 Å². The molecule has 1 fully saturated rings. The van der Waals surface area contributed by atoms with Crippen LogP contribution in [0.1, 0.15) is 5.56 Å². The summed E-state index contributed by atoms with van der Waals surface area (Å²) in [6.45, 7) is 0. The molecule has 6 aromatic rings. The molecule has 0 radical (unpaired) electrons. The summed E-state index contributed by atoms with van der Waals surface area (Å²) < 4.78 is 5.88. The van der Waals surface area contributed by atoms with E-state index in [1.807, 2.05) is 72.8 Å². The molecule has 0 unspecified atom stereocenters. The fourth-order valence-electron chi connectivity index (χ4n) is 5.21. The van der Waals surface area contributed by atoms with Gasteiger partial charge >= 0.3 is 0 Å². The Labute approximate surface area is 246 Å². The van der Waals surface area contributed by atoms with Crippen molar-refractivity contribution in [3.63, 3.8) is 0 Å². The number of ether oxygens (including phenoxy) is 1. The van der Waals surface area contributed by atoms with E-state index in [1.165, 1.54) is 4.90 Å². The summed E-state index contributed by atoms with van der Waals surface area (Å²) in [6, 6.07) is 38.6. The van der Waals surface area contributed by atoms with Crippen molar-refractivity contribution >= 4 is 62.6 Å². The van der Waals surface area contributed by atoms with Crippen molar-refractivity contribution in [2.45, 2.75) is 0 Å². The summed E-state index contributed by atoms with van der Waals surface area (Å²) >= 11 is 5.43. The number of anilines is 1. The number of aromatic amines is 1. The van der Waals surface area contributed by atoms with E-state index in [-0.39, 0.29) is 10.7 Å². The number of nitrogens with one attached hydrogen (secondary N) is 2. The molecule has 7 rings (SSSR count). The van der Waals surface area contributed by atoms with Crippen molar-refractivity contribution in [3.05, 3.63) is 132 Å². The number of nitrogens with zero attached hydrogens (tertiary/aromatic N) is 1. The van der Waals surface area contributed by atoms with E-state index in [1.54, 1.807) is 30.3 Å². The Morgan fingerprint density at radius 3 is 2.21 bits per heavy atom. The Hall–Kier alpha value is -5.53. The van der Waals surface area contributed by atoms with Crippen LogP contribution in [0.2, 0.25) is 0 Å². The molecule has 1 aliphatic heterocycles. The van der Waals surface area contributed by atoms with Gasteiger partial charge in [0.2, 0.25) is 0 Å². The number of H-pyrrole nitrogens is 1. The van der Waals surface area contributed by atoms with Gasteiger partial charge in [-0.3, -0.25) is 19.8 Å². The highest BCUT2D eigenvalue weighted by atomic mass is 32.1. The summed E-state index contributed by atoms with van der Waals surface area (Å²) in [5, 5.41) is 5.84. The molecule has 1 aliphatic rings. The first-order valence-electron chi connectivity index (χ1n) is 13.4. The minimum Gasteiger partial charge on any atom is -0.457 e. The molecule has 42 heavy (non-hydrogen) atoms. The van der Waals surface area contributed by atoms with E-state index in [0.29, 0.717) is 17.2 Å². The van der Waals surface area contributed by atoms with Gasteiger partial charge < -0.3 is 9.72 Å². The van der Waals surface area contributed by atoms with Crippen LogP contribution in [0, 0.1) is 0 Å². The molecule has 2 heterocycles. The van der Waals surface area contributed by atoms with Gasteiger partial charge in [-0.05, 0) is 83.2 Å². The summed E-state index contributed by atoms with van der Waals surface area (Å²) in [7, 11) is 0. The van der Waals surface area contributed by atoms with Gasteiger partial charge in [0.15, 0.2) is 5.11 Å². The van der Waals surface area contributed by atoms with Crippen molar-refractivity contribution in [1.82, 2.24) is 10.3 Å². The van der Waals surface area contributed by atoms with Crippen LogP contribution < -0.4 is 15.0 Å². The normalized spacial score (nSPS) is 14.5. The number of benzene rings is 5. The molecule has 1 aromatic heterocycles.